The van der Waals surface area contributed by atoms with E-state index >= 15 is 0 Å². The zero-order valence-electron chi connectivity index (χ0n) is 12.6. The Bertz CT molecular complexity index is 731. The number of nitrogens with one attached hydrogen (secondary N) is 1. The van der Waals surface area contributed by atoms with E-state index in [1.165, 1.54) is 18.2 Å². The van der Waals surface area contributed by atoms with E-state index in [9.17, 15) is 14.9 Å². The molecular formula is C16H15ClN2O4. The lowest BCUT2D eigenvalue weighted by atomic mass is 10.1. The van der Waals surface area contributed by atoms with Crippen molar-refractivity contribution < 1.29 is 14.5 Å². The van der Waals surface area contributed by atoms with E-state index in [4.69, 9.17) is 16.3 Å². The van der Waals surface area contributed by atoms with Crippen molar-refractivity contribution in [2.75, 3.05) is 7.11 Å². The van der Waals surface area contributed by atoms with Gasteiger partial charge in [0, 0.05) is 12.1 Å². The fourth-order valence-electron chi connectivity index (χ4n) is 2.05. The average molecular weight is 335 g/mol. The van der Waals surface area contributed by atoms with Gasteiger partial charge < -0.3 is 10.1 Å². The van der Waals surface area contributed by atoms with Crippen LogP contribution in [0.25, 0.3) is 0 Å². The number of methoxy groups -OCH3 is 1. The second kappa shape index (κ2) is 7.11. The molecule has 0 aliphatic rings. The number of non-ortho nitro benzene ring substituents is 1. The summed E-state index contributed by atoms with van der Waals surface area (Å²) in [5, 5.41) is 13.7. The Hall–Kier alpha value is -2.60. The Kier molecular flexibility index (Phi) is 5.18. The van der Waals surface area contributed by atoms with Crippen LogP contribution in [0.2, 0.25) is 5.02 Å². The smallest absolute Gasteiger partial charge is 0.270 e. The molecule has 0 aliphatic carbocycles. The van der Waals surface area contributed by atoms with Gasteiger partial charge in [0.15, 0.2) is 0 Å². The minimum Gasteiger partial charge on any atom is -0.497 e. The highest BCUT2D eigenvalue weighted by Crippen LogP contribution is 2.23. The molecule has 1 N–H and O–H groups in total. The number of amides is 1. The first-order chi connectivity index (χ1) is 10.9. The summed E-state index contributed by atoms with van der Waals surface area (Å²) in [6.07, 6.45) is 0. The maximum atomic E-state index is 12.3. The molecule has 0 heterocycles. The summed E-state index contributed by atoms with van der Waals surface area (Å²) in [6, 6.07) is 10.7. The Morgan fingerprint density at radius 1 is 1.26 bits per heavy atom. The first kappa shape index (κ1) is 16.8. The van der Waals surface area contributed by atoms with Crippen molar-refractivity contribution in [2.24, 2.45) is 0 Å². The van der Waals surface area contributed by atoms with Crippen LogP contribution in [-0.2, 0) is 0 Å². The molecule has 0 unspecified atom stereocenters. The van der Waals surface area contributed by atoms with Crippen molar-refractivity contribution in [3.8, 4) is 5.75 Å². The van der Waals surface area contributed by atoms with Gasteiger partial charge in [0.2, 0.25) is 0 Å². The number of hydrogen-bond acceptors (Lipinski definition) is 4. The predicted molar refractivity (Wildman–Crippen MR) is 87.0 cm³/mol. The topological polar surface area (TPSA) is 81.5 Å². The van der Waals surface area contributed by atoms with Crippen LogP contribution in [0, 0.1) is 10.1 Å². The molecule has 7 heteroatoms. The lowest BCUT2D eigenvalue weighted by molar-refractivity contribution is -0.384. The molecule has 2 rings (SSSR count). The van der Waals surface area contributed by atoms with Crippen LogP contribution in [0.4, 0.5) is 5.69 Å². The zero-order valence-corrected chi connectivity index (χ0v) is 13.3. The number of benzene rings is 2. The van der Waals surface area contributed by atoms with E-state index in [0.717, 1.165) is 5.56 Å². The molecule has 0 fully saturated rings. The zero-order chi connectivity index (χ0) is 17.0. The fourth-order valence-corrected chi connectivity index (χ4v) is 2.25. The highest BCUT2D eigenvalue weighted by atomic mass is 35.5. The number of nitro groups is 1. The van der Waals surface area contributed by atoms with Gasteiger partial charge in [0.1, 0.15) is 5.75 Å². The lowest BCUT2D eigenvalue weighted by Gasteiger charge is -2.15. The highest BCUT2D eigenvalue weighted by molar-refractivity contribution is 6.33. The summed E-state index contributed by atoms with van der Waals surface area (Å²) in [5.41, 5.74) is 0.763. The monoisotopic (exact) mass is 334 g/mol. The summed E-state index contributed by atoms with van der Waals surface area (Å²) in [4.78, 5) is 22.5. The summed E-state index contributed by atoms with van der Waals surface area (Å²) >= 11 is 5.96. The highest BCUT2D eigenvalue weighted by Gasteiger charge is 2.18. The van der Waals surface area contributed by atoms with Crippen molar-refractivity contribution in [3.05, 3.63) is 68.7 Å². The van der Waals surface area contributed by atoms with E-state index in [2.05, 4.69) is 5.32 Å². The second-order valence-corrected chi connectivity index (χ2v) is 5.30. The van der Waals surface area contributed by atoms with Gasteiger partial charge in [-0.2, -0.15) is 0 Å². The number of hydrogen-bond donors (Lipinski definition) is 1. The molecule has 0 aromatic heterocycles. The largest absolute Gasteiger partial charge is 0.497 e. The molecule has 23 heavy (non-hydrogen) atoms. The lowest BCUT2D eigenvalue weighted by Crippen LogP contribution is -2.27. The molecule has 0 saturated heterocycles. The fraction of sp³-hybridized carbons (Fsp3) is 0.188. The van der Waals surface area contributed by atoms with Crippen molar-refractivity contribution >= 4 is 23.2 Å². The van der Waals surface area contributed by atoms with Crippen molar-refractivity contribution in [1.29, 1.82) is 0 Å². The van der Waals surface area contributed by atoms with Gasteiger partial charge in [-0.05, 0) is 30.7 Å². The third-order valence-corrected chi connectivity index (χ3v) is 3.70. The number of carbonyl (C=O) groups is 1. The van der Waals surface area contributed by atoms with Crippen molar-refractivity contribution in [2.45, 2.75) is 13.0 Å². The first-order valence-electron chi connectivity index (χ1n) is 6.81. The Morgan fingerprint density at radius 2 is 1.91 bits per heavy atom. The SMILES string of the molecule is COc1ccc([C@@H](C)NC(=O)c2cc([N+](=O)[O-])ccc2Cl)cc1. The summed E-state index contributed by atoms with van der Waals surface area (Å²) < 4.78 is 5.08. The van der Waals surface area contributed by atoms with Gasteiger partial charge in [0.05, 0.1) is 28.7 Å². The standard InChI is InChI=1S/C16H15ClN2O4/c1-10(11-3-6-13(23-2)7-4-11)18-16(20)14-9-12(19(21)22)5-8-15(14)17/h3-10H,1-2H3,(H,18,20)/t10-/m1/s1. The maximum Gasteiger partial charge on any atom is 0.270 e. The normalized spacial score (nSPS) is 11.6. The molecule has 6 nitrogen and oxygen atoms in total. The van der Waals surface area contributed by atoms with Gasteiger partial charge in [-0.15, -0.1) is 0 Å². The van der Waals surface area contributed by atoms with Gasteiger partial charge in [-0.1, -0.05) is 23.7 Å². The number of ether oxygens (including phenoxy) is 1. The molecule has 120 valence electrons. The number of rotatable bonds is 5. The van der Waals surface area contributed by atoms with Gasteiger partial charge in [-0.3, -0.25) is 14.9 Å². The van der Waals surface area contributed by atoms with E-state index in [1.54, 1.807) is 19.2 Å². The number of carbonyl (C=O) groups excluding carboxylic acids is 1. The molecular weight excluding hydrogens is 320 g/mol. The molecule has 1 atom stereocenters. The quantitative estimate of drug-likeness (QED) is 0.667. The minimum atomic E-state index is -0.569. The molecule has 0 saturated carbocycles. The molecule has 0 spiro atoms. The number of nitro benzene ring substituents is 1. The molecule has 0 bridgehead atoms. The van der Waals surface area contributed by atoms with E-state index < -0.39 is 10.8 Å². The van der Waals surface area contributed by atoms with Gasteiger partial charge in [0.25, 0.3) is 11.6 Å². The summed E-state index contributed by atoms with van der Waals surface area (Å²) in [5.74, 6) is 0.246. The van der Waals surface area contributed by atoms with Crippen LogP contribution in [0.15, 0.2) is 42.5 Å². The van der Waals surface area contributed by atoms with Crippen LogP contribution in [0.5, 0.6) is 5.75 Å². The van der Waals surface area contributed by atoms with Crippen molar-refractivity contribution in [3.63, 3.8) is 0 Å². The van der Waals surface area contributed by atoms with E-state index in [1.807, 2.05) is 19.1 Å². The van der Waals surface area contributed by atoms with E-state index in [-0.39, 0.29) is 22.3 Å². The Morgan fingerprint density at radius 3 is 2.48 bits per heavy atom. The van der Waals surface area contributed by atoms with Gasteiger partial charge >= 0.3 is 0 Å². The summed E-state index contributed by atoms with van der Waals surface area (Å²) in [7, 11) is 1.57. The van der Waals surface area contributed by atoms with Crippen LogP contribution in [0.1, 0.15) is 28.9 Å². The number of nitrogens with zero attached hydrogens (tertiary/aromatic N) is 1. The van der Waals surface area contributed by atoms with Crippen LogP contribution >= 0.6 is 11.6 Å². The van der Waals surface area contributed by atoms with Crippen LogP contribution in [0.3, 0.4) is 0 Å². The van der Waals surface area contributed by atoms with Gasteiger partial charge in [-0.25, -0.2) is 0 Å². The number of halogens is 1. The summed E-state index contributed by atoms with van der Waals surface area (Å²) in [6.45, 7) is 1.81. The maximum absolute atomic E-state index is 12.3. The van der Waals surface area contributed by atoms with Crippen LogP contribution in [-0.4, -0.2) is 17.9 Å². The van der Waals surface area contributed by atoms with Crippen molar-refractivity contribution in [1.82, 2.24) is 5.32 Å². The third-order valence-electron chi connectivity index (χ3n) is 3.37. The molecule has 2 aromatic carbocycles. The molecule has 1 amide bonds. The minimum absolute atomic E-state index is 0.0706. The molecule has 0 aliphatic heterocycles. The molecule has 2 aromatic rings. The predicted octanol–water partition coefficient (Wildman–Crippen LogP) is 3.75. The third kappa shape index (κ3) is 3.98. The van der Waals surface area contributed by atoms with E-state index in [0.29, 0.717) is 5.75 Å². The first-order valence-corrected chi connectivity index (χ1v) is 7.19. The van der Waals surface area contributed by atoms with Crippen LogP contribution < -0.4 is 10.1 Å². The average Bonchev–Trinajstić information content (AvgIpc) is 2.54. The molecule has 0 radical (unpaired) electrons. The Labute approximate surface area is 138 Å². The Balaban J connectivity index is 2.17. The second-order valence-electron chi connectivity index (χ2n) is 4.89.